The Bertz CT molecular complexity index is 632. The average molecular weight is 253 g/mol. The van der Waals surface area contributed by atoms with Crippen LogP contribution in [0.3, 0.4) is 0 Å². The maximum Gasteiger partial charge on any atom is 0.144 e. The normalized spacial score (nSPS) is 13.0. The second-order valence-electron chi connectivity index (χ2n) is 5.92. The third-order valence-corrected chi connectivity index (χ3v) is 3.50. The van der Waals surface area contributed by atoms with Crippen molar-refractivity contribution in [3.05, 3.63) is 35.9 Å². The Hall–Kier alpha value is -2.08. The second kappa shape index (κ2) is 4.89. The maximum atomic E-state index is 9.26. The molecule has 0 saturated heterocycles. The average Bonchev–Trinajstić information content (AvgIpc) is 2.36. The van der Waals surface area contributed by atoms with Crippen LogP contribution in [0.15, 0.2) is 30.3 Å². The van der Waals surface area contributed by atoms with Gasteiger partial charge in [-0.05, 0) is 24.5 Å². The zero-order chi connectivity index (χ0) is 14.0. The van der Waals surface area contributed by atoms with Crippen LogP contribution in [0.25, 0.3) is 10.9 Å². The number of pyridine rings is 1. The standard InChI is InChI=1S/C16H19N3/c1-11(16(2,3)4)18-15-13(10-17)9-12-7-5-6-8-14(12)19-15/h5-9,11H,1-4H3,(H,18,19). The molecule has 1 aromatic heterocycles. The van der Waals surface area contributed by atoms with Gasteiger partial charge in [-0.3, -0.25) is 0 Å². The van der Waals surface area contributed by atoms with Crippen LogP contribution in [0.5, 0.6) is 0 Å². The molecule has 3 heteroatoms. The SMILES string of the molecule is CC(Nc1nc2ccccc2cc1C#N)C(C)(C)C. The van der Waals surface area contributed by atoms with Gasteiger partial charge in [0.2, 0.25) is 0 Å². The van der Waals surface area contributed by atoms with Crippen LogP contribution in [0.1, 0.15) is 33.3 Å². The zero-order valence-corrected chi connectivity index (χ0v) is 11.9. The molecular weight excluding hydrogens is 234 g/mol. The number of nitriles is 1. The van der Waals surface area contributed by atoms with Crippen LogP contribution in [0.4, 0.5) is 5.82 Å². The molecule has 98 valence electrons. The monoisotopic (exact) mass is 253 g/mol. The van der Waals surface area contributed by atoms with Crippen molar-refractivity contribution in [1.29, 1.82) is 5.26 Å². The van der Waals surface area contributed by atoms with E-state index >= 15 is 0 Å². The number of nitrogens with zero attached hydrogens (tertiary/aromatic N) is 2. The lowest BCUT2D eigenvalue weighted by Gasteiger charge is -2.28. The molecule has 19 heavy (non-hydrogen) atoms. The third-order valence-electron chi connectivity index (χ3n) is 3.50. The summed E-state index contributed by atoms with van der Waals surface area (Å²) in [6, 6.07) is 12.2. The smallest absolute Gasteiger partial charge is 0.144 e. The van der Waals surface area contributed by atoms with E-state index in [1.807, 2.05) is 30.3 Å². The van der Waals surface area contributed by atoms with Crippen molar-refractivity contribution in [1.82, 2.24) is 4.98 Å². The van der Waals surface area contributed by atoms with Gasteiger partial charge in [0.1, 0.15) is 11.9 Å². The summed E-state index contributed by atoms with van der Waals surface area (Å²) in [5.74, 6) is 0.670. The predicted molar refractivity (Wildman–Crippen MR) is 79.0 cm³/mol. The first-order valence-electron chi connectivity index (χ1n) is 6.48. The van der Waals surface area contributed by atoms with E-state index in [-0.39, 0.29) is 11.5 Å². The lowest BCUT2D eigenvalue weighted by molar-refractivity contribution is 0.359. The zero-order valence-electron chi connectivity index (χ0n) is 11.9. The molecule has 0 spiro atoms. The molecule has 1 aromatic carbocycles. The summed E-state index contributed by atoms with van der Waals surface area (Å²) in [4.78, 5) is 4.57. The number of nitrogens with one attached hydrogen (secondary N) is 1. The van der Waals surface area contributed by atoms with Crippen molar-refractivity contribution in [3.63, 3.8) is 0 Å². The number of rotatable bonds is 2. The number of hydrogen-bond donors (Lipinski definition) is 1. The largest absolute Gasteiger partial charge is 0.366 e. The third kappa shape index (κ3) is 2.85. The lowest BCUT2D eigenvalue weighted by atomic mass is 9.88. The van der Waals surface area contributed by atoms with Crippen LogP contribution in [-0.4, -0.2) is 11.0 Å². The number of benzene rings is 1. The van der Waals surface area contributed by atoms with Crippen molar-refractivity contribution in [3.8, 4) is 6.07 Å². The molecule has 0 aliphatic heterocycles. The highest BCUT2D eigenvalue weighted by Crippen LogP contribution is 2.25. The second-order valence-corrected chi connectivity index (χ2v) is 5.92. The van der Waals surface area contributed by atoms with Gasteiger partial charge in [-0.25, -0.2) is 4.98 Å². The van der Waals surface area contributed by atoms with Crippen molar-refractivity contribution in [2.24, 2.45) is 5.41 Å². The Morgan fingerprint density at radius 3 is 2.58 bits per heavy atom. The summed E-state index contributed by atoms with van der Waals surface area (Å²) >= 11 is 0. The van der Waals surface area contributed by atoms with E-state index in [2.05, 4.69) is 44.1 Å². The van der Waals surface area contributed by atoms with E-state index in [1.165, 1.54) is 0 Å². The number of fused-ring (bicyclic) bond motifs is 1. The van der Waals surface area contributed by atoms with Gasteiger partial charge in [0.05, 0.1) is 11.1 Å². The van der Waals surface area contributed by atoms with Crippen molar-refractivity contribution in [2.45, 2.75) is 33.7 Å². The van der Waals surface area contributed by atoms with E-state index in [1.54, 1.807) is 0 Å². The fourth-order valence-electron chi connectivity index (χ4n) is 1.73. The predicted octanol–water partition coefficient (Wildman–Crippen LogP) is 3.95. The summed E-state index contributed by atoms with van der Waals surface area (Å²) in [6.07, 6.45) is 0. The number of anilines is 1. The lowest BCUT2D eigenvalue weighted by Crippen LogP contribution is -2.31. The molecule has 0 aliphatic carbocycles. The van der Waals surface area contributed by atoms with Crippen LogP contribution in [-0.2, 0) is 0 Å². The topological polar surface area (TPSA) is 48.7 Å². The molecule has 0 amide bonds. The Labute approximate surface area is 114 Å². The van der Waals surface area contributed by atoms with Gasteiger partial charge in [0.15, 0.2) is 0 Å². The fraction of sp³-hybridized carbons (Fsp3) is 0.375. The molecule has 0 saturated carbocycles. The van der Waals surface area contributed by atoms with Gasteiger partial charge in [0, 0.05) is 11.4 Å². The van der Waals surface area contributed by atoms with Crippen LogP contribution >= 0.6 is 0 Å². The first kappa shape index (κ1) is 13.4. The summed E-state index contributed by atoms with van der Waals surface area (Å²) in [5.41, 5.74) is 1.61. The summed E-state index contributed by atoms with van der Waals surface area (Å²) in [7, 11) is 0. The van der Waals surface area contributed by atoms with Gasteiger partial charge < -0.3 is 5.32 Å². The van der Waals surface area contributed by atoms with Crippen LogP contribution < -0.4 is 5.32 Å². The maximum absolute atomic E-state index is 9.26. The highest BCUT2D eigenvalue weighted by Gasteiger charge is 2.21. The van der Waals surface area contributed by atoms with Crippen LogP contribution in [0.2, 0.25) is 0 Å². The Balaban J connectivity index is 2.45. The molecule has 1 N–H and O–H groups in total. The number of hydrogen-bond acceptors (Lipinski definition) is 3. The van der Waals surface area contributed by atoms with E-state index in [0.717, 1.165) is 10.9 Å². The first-order valence-corrected chi connectivity index (χ1v) is 6.48. The molecule has 2 aromatic rings. The van der Waals surface area contributed by atoms with E-state index in [9.17, 15) is 5.26 Å². The molecule has 0 bridgehead atoms. The number of aromatic nitrogens is 1. The molecule has 0 aliphatic rings. The van der Waals surface area contributed by atoms with Crippen LogP contribution in [0, 0.1) is 16.7 Å². The Morgan fingerprint density at radius 2 is 1.95 bits per heavy atom. The molecule has 2 rings (SSSR count). The van der Waals surface area contributed by atoms with Crippen molar-refractivity contribution in [2.75, 3.05) is 5.32 Å². The Kier molecular flexibility index (Phi) is 3.44. The molecule has 0 radical (unpaired) electrons. The van der Waals surface area contributed by atoms with Gasteiger partial charge in [0.25, 0.3) is 0 Å². The van der Waals surface area contributed by atoms with Gasteiger partial charge in [-0.2, -0.15) is 5.26 Å². The molecule has 0 fully saturated rings. The molecule has 1 unspecified atom stereocenters. The molecule has 1 heterocycles. The molecule has 1 atom stereocenters. The summed E-state index contributed by atoms with van der Waals surface area (Å²) < 4.78 is 0. The van der Waals surface area contributed by atoms with E-state index in [0.29, 0.717) is 11.4 Å². The summed E-state index contributed by atoms with van der Waals surface area (Å²) in [6.45, 7) is 8.60. The minimum absolute atomic E-state index is 0.111. The van der Waals surface area contributed by atoms with Crippen molar-refractivity contribution >= 4 is 16.7 Å². The minimum atomic E-state index is 0.111. The molecular formula is C16H19N3. The first-order chi connectivity index (χ1) is 8.91. The van der Waals surface area contributed by atoms with E-state index < -0.39 is 0 Å². The Morgan fingerprint density at radius 1 is 1.26 bits per heavy atom. The quantitative estimate of drug-likeness (QED) is 0.881. The highest BCUT2D eigenvalue weighted by atomic mass is 15.0. The molecule has 3 nitrogen and oxygen atoms in total. The highest BCUT2D eigenvalue weighted by molar-refractivity contribution is 5.82. The minimum Gasteiger partial charge on any atom is -0.366 e. The van der Waals surface area contributed by atoms with Gasteiger partial charge in [-0.15, -0.1) is 0 Å². The number of para-hydroxylation sites is 1. The van der Waals surface area contributed by atoms with Crippen molar-refractivity contribution < 1.29 is 0 Å². The van der Waals surface area contributed by atoms with Gasteiger partial charge in [-0.1, -0.05) is 39.0 Å². The van der Waals surface area contributed by atoms with Gasteiger partial charge >= 0.3 is 0 Å². The van der Waals surface area contributed by atoms with E-state index in [4.69, 9.17) is 0 Å². The fourth-order valence-corrected chi connectivity index (χ4v) is 1.73. The summed E-state index contributed by atoms with van der Waals surface area (Å²) in [5, 5.41) is 13.6.